The van der Waals surface area contributed by atoms with E-state index in [9.17, 15) is 4.39 Å². The number of nitrogens with one attached hydrogen (secondary N) is 1. The normalized spacial score (nSPS) is 10.6. The fourth-order valence-electron chi connectivity index (χ4n) is 2.63. The highest BCUT2D eigenvalue weighted by Crippen LogP contribution is 2.27. The molecule has 122 valence electrons. The molecule has 5 heteroatoms. The maximum Gasteiger partial charge on any atom is 0.177 e. The number of rotatable bonds is 3. The number of anilines is 2. The van der Waals surface area contributed by atoms with Crippen LogP contribution in [-0.2, 0) is 0 Å². The average molecular weight is 359 g/mol. The summed E-state index contributed by atoms with van der Waals surface area (Å²) in [4.78, 5) is 1.99. The van der Waals surface area contributed by atoms with Gasteiger partial charge in [-0.15, -0.1) is 0 Å². The van der Waals surface area contributed by atoms with E-state index in [4.69, 9.17) is 23.8 Å². The van der Waals surface area contributed by atoms with Gasteiger partial charge in [0, 0.05) is 17.6 Å². The van der Waals surface area contributed by atoms with E-state index >= 15 is 0 Å². The van der Waals surface area contributed by atoms with Crippen LogP contribution in [0, 0.1) is 5.82 Å². The molecule has 0 atom stereocenters. The maximum atomic E-state index is 13.6. The van der Waals surface area contributed by atoms with Crippen LogP contribution in [0.2, 0.25) is 5.02 Å². The number of nitrogens with zero attached hydrogens (tertiary/aromatic N) is 1. The number of benzene rings is 3. The standard InChI is InChI=1S/C19H16ClFN2S/c1-2-23(18-9-5-7-13-6-3-4-8-15(13)18)19(24)22-14-10-11-16(20)17(21)12-14/h3-12H,2H2,1H3,(H,22,24). The van der Waals surface area contributed by atoms with Crippen molar-refractivity contribution >= 4 is 51.1 Å². The van der Waals surface area contributed by atoms with E-state index < -0.39 is 5.82 Å². The lowest BCUT2D eigenvalue weighted by Crippen LogP contribution is -2.34. The lowest BCUT2D eigenvalue weighted by molar-refractivity contribution is 0.629. The summed E-state index contributed by atoms with van der Waals surface area (Å²) >= 11 is 11.3. The van der Waals surface area contributed by atoms with E-state index in [1.54, 1.807) is 6.07 Å². The van der Waals surface area contributed by atoms with Crippen LogP contribution in [0.25, 0.3) is 10.8 Å². The molecule has 0 unspecified atom stereocenters. The molecule has 0 aliphatic rings. The summed E-state index contributed by atoms with van der Waals surface area (Å²) in [5.74, 6) is -0.474. The maximum absolute atomic E-state index is 13.6. The van der Waals surface area contributed by atoms with Gasteiger partial charge >= 0.3 is 0 Å². The van der Waals surface area contributed by atoms with Crippen LogP contribution in [0.4, 0.5) is 15.8 Å². The van der Waals surface area contributed by atoms with Crippen molar-refractivity contribution in [3.63, 3.8) is 0 Å². The van der Waals surface area contributed by atoms with Gasteiger partial charge in [-0.1, -0.05) is 48.0 Å². The number of hydrogen-bond donors (Lipinski definition) is 1. The molecule has 0 aliphatic heterocycles. The van der Waals surface area contributed by atoms with Crippen LogP contribution in [0.1, 0.15) is 6.92 Å². The minimum atomic E-state index is -0.474. The second kappa shape index (κ2) is 7.16. The van der Waals surface area contributed by atoms with Crippen molar-refractivity contribution in [3.8, 4) is 0 Å². The van der Waals surface area contributed by atoms with Gasteiger partial charge in [0.2, 0.25) is 0 Å². The first kappa shape index (κ1) is 16.7. The molecule has 3 aromatic rings. The second-order valence-electron chi connectivity index (χ2n) is 5.30. The molecule has 0 saturated heterocycles. The Balaban J connectivity index is 1.92. The molecule has 2 nitrogen and oxygen atoms in total. The summed E-state index contributed by atoms with van der Waals surface area (Å²) in [6.45, 7) is 2.72. The first-order chi connectivity index (χ1) is 11.6. The molecular formula is C19H16ClFN2S. The Labute approximate surface area is 150 Å². The zero-order valence-electron chi connectivity index (χ0n) is 13.1. The van der Waals surface area contributed by atoms with Crippen molar-refractivity contribution in [2.45, 2.75) is 6.92 Å². The fraction of sp³-hybridized carbons (Fsp3) is 0.105. The summed E-state index contributed by atoms with van der Waals surface area (Å²) in [6.07, 6.45) is 0. The van der Waals surface area contributed by atoms with Gasteiger partial charge in [0.05, 0.1) is 10.7 Å². The van der Waals surface area contributed by atoms with Crippen LogP contribution in [-0.4, -0.2) is 11.7 Å². The Morgan fingerprint density at radius 3 is 2.62 bits per heavy atom. The SMILES string of the molecule is CCN(C(=S)Nc1ccc(Cl)c(F)c1)c1cccc2ccccc12. The van der Waals surface area contributed by atoms with Crippen LogP contribution >= 0.6 is 23.8 Å². The quantitative estimate of drug-likeness (QED) is 0.591. The van der Waals surface area contributed by atoms with Crippen molar-refractivity contribution in [1.82, 2.24) is 0 Å². The highest BCUT2D eigenvalue weighted by atomic mass is 35.5. The molecule has 3 aromatic carbocycles. The lowest BCUT2D eigenvalue weighted by atomic mass is 10.1. The van der Waals surface area contributed by atoms with Crippen molar-refractivity contribution in [2.24, 2.45) is 0 Å². The summed E-state index contributed by atoms with van der Waals surface area (Å²) < 4.78 is 13.6. The van der Waals surface area contributed by atoms with E-state index in [0.29, 0.717) is 17.3 Å². The molecule has 0 fully saturated rings. The molecule has 0 spiro atoms. The fourth-order valence-corrected chi connectivity index (χ4v) is 3.09. The number of halogens is 2. The molecule has 0 amide bonds. The predicted molar refractivity (Wildman–Crippen MR) is 105 cm³/mol. The molecule has 0 aliphatic carbocycles. The smallest absolute Gasteiger partial charge is 0.177 e. The second-order valence-corrected chi connectivity index (χ2v) is 6.10. The molecule has 0 radical (unpaired) electrons. The van der Waals surface area contributed by atoms with Gasteiger partial charge in [0.1, 0.15) is 5.82 Å². The Morgan fingerprint density at radius 2 is 1.88 bits per heavy atom. The molecule has 0 saturated carbocycles. The largest absolute Gasteiger partial charge is 0.332 e. The van der Waals surface area contributed by atoms with Gasteiger partial charge in [-0.05, 0) is 48.8 Å². The van der Waals surface area contributed by atoms with E-state index in [1.807, 2.05) is 36.1 Å². The summed E-state index contributed by atoms with van der Waals surface area (Å²) in [7, 11) is 0. The van der Waals surface area contributed by atoms with Gasteiger partial charge in [-0.25, -0.2) is 4.39 Å². The summed E-state index contributed by atoms with van der Waals surface area (Å²) in [6, 6.07) is 18.8. The lowest BCUT2D eigenvalue weighted by Gasteiger charge is -2.26. The van der Waals surface area contributed by atoms with Crippen molar-refractivity contribution in [3.05, 3.63) is 71.5 Å². The van der Waals surface area contributed by atoms with E-state index in [-0.39, 0.29) is 5.02 Å². The van der Waals surface area contributed by atoms with E-state index in [2.05, 4.69) is 23.5 Å². The third-order valence-corrected chi connectivity index (χ3v) is 4.42. The first-order valence-electron chi connectivity index (χ1n) is 7.61. The van der Waals surface area contributed by atoms with E-state index in [0.717, 1.165) is 16.5 Å². The van der Waals surface area contributed by atoms with Gasteiger partial charge in [0.25, 0.3) is 0 Å². The van der Waals surface area contributed by atoms with Gasteiger partial charge in [0.15, 0.2) is 5.11 Å². The topological polar surface area (TPSA) is 15.3 Å². The Morgan fingerprint density at radius 1 is 1.12 bits per heavy atom. The zero-order valence-corrected chi connectivity index (χ0v) is 14.7. The first-order valence-corrected chi connectivity index (χ1v) is 8.40. The monoisotopic (exact) mass is 358 g/mol. The van der Waals surface area contributed by atoms with Crippen LogP contribution in [0.15, 0.2) is 60.7 Å². The minimum absolute atomic E-state index is 0.0906. The van der Waals surface area contributed by atoms with Crippen molar-refractivity contribution < 1.29 is 4.39 Å². The van der Waals surface area contributed by atoms with E-state index in [1.165, 1.54) is 12.1 Å². The summed E-state index contributed by atoms with van der Waals surface area (Å²) in [5, 5.41) is 5.95. The van der Waals surface area contributed by atoms with Gasteiger partial charge < -0.3 is 10.2 Å². The molecule has 1 N–H and O–H groups in total. The van der Waals surface area contributed by atoms with Crippen LogP contribution in [0.5, 0.6) is 0 Å². The predicted octanol–water partition coefficient (Wildman–Crippen LogP) is 5.86. The summed E-state index contributed by atoms with van der Waals surface area (Å²) in [5.41, 5.74) is 1.59. The zero-order chi connectivity index (χ0) is 17.1. The Bertz CT molecular complexity index is 892. The number of fused-ring (bicyclic) bond motifs is 1. The molecular weight excluding hydrogens is 343 g/mol. The molecule has 3 rings (SSSR count). The highest BCUT2D eigenvalue weighted by Gasteiger charge is 2.13. The van der Waals surface area contributed by atoms with Crippen LogP contribution in [0.3, 0.4) is 0 Å². The Hall–Kier alpha value is -2.17. The van der Waals surface area contributed by atoms with Gasteiger partial charge in [-0.2, -0.15) is 0 Å². The third-order valence-electron chi connectivity index (χ3n) is 3.79. The molecule has 24 heavy (non-hydrogen) atoms. The Kier molecular flexibility index (Phi) is 4.97. The van der Waals surface area contributed by atoms with Crippen molar-refractivity contribution in [2.75, 3.05) is 16.8 Å². The minimum Gasteiger partial charge on any atom is -0.332 e. The molecule has 0 bridgehead atoms. The average Bonchev–Trinajstić information content (AvgIpc) is 2.59. The third kappa shape index (κ3) is 3.35. The van der Waals surface area contributed by atoms with Crippen LogP contribution < -0.4 is 10.2 Å². The van der Waals surface area contributed by atoms with Gasteiger partial charge in [-0.3, -0.25) is 0 Å². The van der Waals surface area contributed by atoms with Crippen molar-refractivity contribution in [1.29, 1.82) is 0 Å². The molecule has 0 aromatic heterocycles. The highest BCUT2D eigenvalue weighted by molar-refractivity contribution is 7.80. The molecule has 0 heterocycles. The number of hydrogen-bond acceptors (Lipinski definition) is 1. The number of thiocarbonyl (C=S) groups is 1.